The van der Waals surface area contributed by atoms with Crippen LogP contribution < -0.4 is 10.2 Å². The number of aromatic nitrogens is 2. The molecule has 0 fully saturated rings. The van der Waals surface area contributed by atoms with Crippen LogP contribution in [0.1, 0.15) is 16.1 Å². The van der Waals surface area contributed by atoms with Crippen LogP contribution in [0.5, 0.6) is 5.75 Å². The van der Waals surface area contributed by atoms with Crippen LogP contribution in [0.4, 0.5) is 0 Å². The van der Waals surface area contributed by atoms with Gasteiger partial charge in [-0.05, 0) is 42.0 Å². The van der Waals surface area contributed by atoms with E-state index in [0.717, 1.165) is 16.9 Å². The molecule has 0 saturated heterocycles. The number of nitrogens with one attached hydrogen (secondary N) is 1. The van der Waals surface area contributed by atoms with Gasteiger partial charge in [-0.3, -0.25) is 9.78 Å². The van der Waals surface area contributed by atoms with Crippen molar-refractivity contribution in [2.45, 2.75) is 0 Å². The lowest BCUT2D eigenvalue weighted by Gasteiger charge is -2.04. The van der Waals surface area contributed by atoms with E-state index in [1.165, 1.54) is 12.4 Å². The topological polar surface area (TPSA) is 76.5 Å². The molecule has 2 aromatic carbocycles. The van der Waals surface area contributed by atoms with E-state index in [4.69, 9.17) is 16.3 Å². The fourth-order valence-electron chi connectivity index (χ4n) is 2.19. The van der Waals surface area contributed by atoms with E-state index in [0.29, 0.717) is 10.7 Å². The van der Waals surface area contributed by atoms with Gasteiger partial charge in [-0.1, -0.05) is 23.7 Å². The summed E-state index contributed by atoms with van der Waals surface area (Å²) in [6, 6.07) is 14.5. The highest BCUT2D eigenvalue weighted by molar-refractivity contribution is 6.30. The van der Waals surface area contributed by atoms with Gasteiger partial charge in [-0.2, -0.15) is 5.10 Å². The van der Waals surface area contributed by atoms with Gasteiger partial charge >= 0.3 is 0 Å². The SMILES string of the molecule is COc1ccc(-c2cncc(C(=O)N/N=C/c3cccc(Cl)c3)n2)cc1. The number of benzene rings is 2. The molecule has 0 aliphatic carbocycles. The van der Waals surface area contributed by atoms with Crippen LogP contribution in [0.15, 0.2) is 66.0 Å². The summed E-state index contributed by atoms with van der Waals surface area (Å²) in [5.74, 6) is 0.289. The Kier molecular flexibility index (Phi) is 5.56. The van der Waals surface area contributed by atoms with E-state index in [1.807, 2.05) is 30.3 Å². The number of methoxy groups -OCH3 is 1. The lowest BCUT2D eigenvalue weighted by Crippen LogP contribution is -2.19. The van der Waals surface area contributed by atoms with Crippen LogP contribution >= 0.6 is 11.6 Å². The second-order valence-corrected chi connectivity index (χ2v) is 5.71. The second-order valence-electron chi connectivity index (χ2n) is 5.27. The predicted molar refractivity (Wildman–Crippen MR) is 101 cm³/mol. The maximum atomic E-state index is 12.2. The molecular formula is C19H15ClN4O2. The monoisotopic (exact) mass is 366 g/mol. The number of halogens is 1. The maximum absolute atomic E-state index is 12.2. The minimum absolute atomic E-state index is 0.168. The first kappa shape index (κ1) is 17.6. The molecule has 26 heavy (non-hydrogen) atoms. The highest BCUT2D eigenvalue weighted by Gasteiger charge is 2.09. The first-order chi connectivity index (χ1) is 12.7. The zero-order valence-corrected chi connectivity index (χ0v) is 14.6. The molecule has 1 aromatic heterocycles. The zero-order valence-electron chi connectivity index (χ0n) is 13.9. The average molecular weight is 367 g/mol. The summed E-state index contributed by atoms with van der Waals surface area (Å²) in [7, 11) is 1.60. The molecule has 1 N–H and O–H groups in total. The number of amides is 1. The minimum Gasteiger partial charge on any atom is -0.497 e. The van der Waals surface area contributed by atoms with Crippen molar-refractivity contribution in [2.75, 3.05) is 7.11 Å². The number of nitrogens with zero attached hydrogens (tertiary/aromatic N) is 3. The second kappa shape index (κ2) is 8.22. The van der Waals surface area contributed by atoms with Gasteiger partial charge in [0.15, 0.2) is 0 Å². The molecule has 0 aliphatic rings. The van der Waals surface area contributed by atoms with Gasteiger partial charge < -0.3 is 4.74 Å². The van der Waals surface area contributed by atoms with E-state index in [2.05, 4.69) is 20.5 Å². The Labute approximate surface area is 155 Å². The highest BCUT2D eigenvalue weighted by Crippen LogP contribution is 2.20. The van der Waals surface area contributed by atoms with Crippen LogP contribution in [0.25, 0.3) is 11.3 Å². The molecule has 0 aliphatic heterocycles. The van der Waals surface area contributed by atoms with Gasteiger partial charge in [-0.15, -0.1) is 0 Å². The van der Waals surface area contributed by atoms with Crippen molar-refractivity contribution in [2.24, 2.45) is 5.10 Å². The minimum atomic E-state index is -0.453. The highest BCUT2D eigenvalue weighted by atomic mass is 35.5. The van der Waals surface area contributed by atoms with Gasteiger partial charge in [0.05, 0.1) is 31.4 Å². The van der Waals surface area contributed by atoms with E-state index >= 15 is 0 Å². The van der Waals surface area contributed by atoms with Crippen LogP contribution in [-0.4, -0.2) is 29.2 Å². The molecule has 3 aromatic rings. The molecular weight excluding hydrogens is 352 g/mol. The van der Waals surface area contributed by atoms with Crippen LogP contribution in [0.3, 0.4) is 0 Å². The number of hydrazone groups is 1. The standard InChI is InChI=1S/C19H15ClN4O2/c1-26-16-7-5-14(6-8-16)17-11-21-12-18(23-17)19(25)24-22-10-13-3-2-4-15(20)9-13/h2-12H,1H3,(H,24,25)/b22-10+. The number of hydrogen-bond donors (Lipinski definition) is 1. The summed E-state index contributed by atoms with van der Waals surface area (Å²) in [5, 5.41) is 4.51. The smallest absolute Gasteiger partial charge is 0.291 e. The number of carbonyl (C=O) groups excluding carboxylic acids is 1. The molecule has 1 heterocycles. The van der Waals surface area contributed by atoms with Gasteiger partial charge in [0.25, 0.3) is 5.91 Å². The Morgan fingerprint density at radius 1 is 1.19 bits per heavy atom. The maximum Gasteiger partial charge on any atom is 0.291 e. The third-order valence-corrected chi connectivity index (χ3v) is 3.72. The number of ether oxygens (including phenoxy) is 1. The summed E-state index contributed by atoms with van der Waals surface area (Å²) < 4.78 is 5.13. The Bertz CT molecular complexity index is 942. The molecule has 1 amide bonds. The molecule has 0 unspecified atom stereocenters. The van der Waals surface area contributed by atoms with Gasteiger partial charge in [0, 0.05) is 10.6 Å². The molecule has 0 spiro atoms. The first-order valence-electron chi connectivity index (χ1n) is 7.71. The van der Waals surface area contributed by atoms with Crippen LogP contribution in [-0.2, 0) is 0 Å². The fraction of sp³-hybridized carbons (Fsp3) is 0.0526. The van der Waals surface area contributed by atoms with E-state index in [-0.39, 0.29) is 5.69 Å². The van der Waals surface area contributed by atoms with Gasteiger partial charge in [0.1, 0.15) is 11.4 Å². The summed E-state index contributed by atoms with van der Waals surface area (Å²) in [5.41, 5.74) is 4.78. The molecule has 7 heteroatoms. The van der Waals surface area contributed by atoms with Gasteiger partial charge in [-0.25, -0.2) is 10.4 Å². The number of rotatable bonds is 5. The van der Waals surface area contributed by atoms with Crippen LogP contribution in [0, 0.1) is 0 Å². The van der Waals surface area contributed by atoms with Crippen molar-refractivity contribution in [3.05, 3.63) is 77.2 Å². The molecule has 6 nitrogen and oxygen atoms in total. The molecule has 130 valence electrons. The quantitative estimate of drug-likeness (QED) is 0.553. The largest absolute Gasteiger partial charge is 0.497 e. The lowest BCUT2D eigenvalue weighted by atomic mass is 10.1. The number of carbonyl (C=O) groups is 1. The summed E-state index contributed by atoms with van der Waals surface area (Å²) in [4.78, 5) is 20.6. The molecule has 0 atom stereocenters. The van der Waals surface area contributed by atoms with Crippen molar-refractivity contribution >= 4 is 23.7 Å². The van der Waals surface area contributed by atoms with E-state index < -0.39 is 5.91 Å². The van der Waals surface area contributed by atoms with Crippen molar-refractivity contribution in [1.82, 2.24) is 15.4 Å². The third-order valence-electron chi connectivity index (χ3n) is 3.48. The summed E-state index contributed by atoms with van der Waals surface area (Å²) in [6.07, 6.45) is 4.48. The van der Waals surface area contributed by atoms with Crippen molar-refractivity contribution in [1.29, 1.82) is 0 Å². The Hall–Kier alpha value is -3.25. The van der Waals surface area contributed by atoms with E-state index in [1.54, 1.807) is 31.5 Å². The van der Waals surface area contributed by atoms with Crippen LogP contribution in [0.2, 0.25) is 5.02 Å². The Morgan fingerprint density at radius 2 is 2.00 bits per heavy atom. The Balaban J connectivity index is 1.71. The average Bonchev–Trinajstić information content (AvgIpc) is 2.68. The molecule has 0 bridgehead atoms. The normalized spacial score (nSPS) is 10.7. The zero-order chi connectivity index (χ0) is 18.4. The molecule has 3 rings (SSSR count). The molecule has 0 radical (unpaired) electrons. The summed E-state index contributed by atoms with van der Waals surface area (Å²) in [6.45, 7) is 0. The Morgan fingerprint density at radius 3 is 2.73 bits per heavy atom. The van der Waals surface area contributed by atoms with Crippen molar-refractivity contribution in [3.63, 3.8) is 0 Å². The predicted octanol–water partition coefficient (Wildman–Crippen LogP) is 3.57. The fourth-order valence-corrected chi connectivity index (χ4v) is 2.38. The van der Waals surface area contributed by atoms with Gasteiger partial charge in [0.2, 0.25) is 0 Å². The molecule has 0 saturated carbocycles. The van der Waals surface area contributed by atoms with Crippen molar-refractivity contribution < 1.29 is 9.53 Å². The number of hydrogen-bond acceptors (Lipinski definition) is 5. The third kappa shape index (κ3) is 4.43. The first-order valence-corrected chi connectivity index (χ1v) is 8.09. The lowest BCUT2D eigenvalue weighted by molar-refractivity contribution is 0.0950. The summed E-state index contributed by atoms with van der Waals surface area (Å²) >= 11 is 5.90. The van der Waals surface area contributed by atoms with E-state index in [9.17, 15) is 4.79 Å². The van der Waals surface area contributed by atoms with Crippen molar-refractivity contribution in [3.8, 4) is 17.0 Å².